The fraction of sp³-hybridized carbons (Fsp3) is 0.0870. The molecule has 3 aromatic rings. The van der Waals surface area contributed by atoms with E-state index in [1.54, 1.807) is 60.7 Å². The number of carbonyl (C=O) groups is 2. The molecule has 0 aliphatic heterocycles. The van der Waals surface area contributed by atoms with Crippen LogP contribution in [0, 0.1) is 0 Å². The Labute approximate surface area is 196 Å². The predicted octanol–water partition coefficient (Wildman–Crippen LogP) is 2.75. The Bertz CT molecular complexity index is 1300. The number of rotatable bonds is 10. The molecule has 10 nitrogen and oxygen atoms in total. The molecule has 0 saturated heterocycles. The van der Waals surface area contributed by atoms with Crippen LogP contribution in [0.15, 0.2) is 88.9 Å². The SMILES string of the molecule is NN=CNc1cccc(C(=O)Nc2cccc(S(=O)(=O)NC(CC(=O)O)c3ccccc3)c2)c1. The van der Waals surface area contributed by atoms with Gasteiger partial charge in [-0.15, -0.1) is 0 Å². The molecule has 0 aliphatic carbocycles. The van der Waals surface area contributed by atoms with Gasteiger partial charge < -0.3 is 21.6 Å². The van der Waals surface area contributed by atoms with Crippen LogP contribution in [0.2, 0.25) is 0 Å². The van der Waals surface area contributed by atoms with Crippen molar-refractivity contribution in [3.63, 3.8) is 0 Å². The van der Waals surface area contributed by atoms with Gasteiger partial charge in [0.25, 0.3) is 5.91 Å². The number of hydrogen-bond acceptors (Lipinski definition) is 6. The minimum absolute atomic E-state index is 0.119. The molecule has 0 aromatic heterocycles. The van der Waals surface area contributed by atoms with Gasteiger partial charge in [0.15, 0.2) is 0 Å². The van der Waals surface area contributed by atoms with Crippen LogP contribution in [0.25, 0.3) is 0 Å². The molecule has 0 fully saturated rings. The normalized spacial score (nSPS) is 12.2. The average molecular weight is 482 g/mol. The van der Waals surface area contributed by atoms with E-state index in [9.17, 15) is 23.1 Å². The molecule has 0 spiro atoms. The summed E-state index contributed by atoms with van der Waals surface area (Å²) in [5.41, 5.74) is 1.69. The third-order valence-electron chi connectivity index (χ3n) is 4.71. The van der Waals surface area contributed by atoms with Gasteiger partial charge in [-0.25, -0.2) is 13.1 Å². The fourth-order valence-corrected chi connectivity index (χ4v) is 4.42. The second kappa shape index (κ2) is 11.1. The largest absolute Gasteiger partial charge is 0.481 e. The zero-order valence-corrected chi connectivity index (χ0v) is 18.7. The number of benzene rings is 3. The highest BCUT2D eigenvalue weighted by molar-refractivity contribution is 7.89. The lowest BCUT2D eigenvalue weighted by Crippen LogP contribution is -2.30. The standard InChI is InChI=1S/C23H23N5O5S/c24-26-15-25-18-9-4-8-17(12-18)23(31)27-19-10-5-11-20(13-19)34(32,33)28-21(14-22(29)30)16-6-2-1-3-7-16/h1-13,15,21,28H,14,24H2,(H,25,26)(H,27,31)(H,29,30). The van der Waals surface area contributed by atoms with Crippen molar-refractivity contribution in [2.45, 2.75) is 17.4 Å². The number of sulfonamides is 1. The Kier molecular flexibility index (Phi) is 7.96. The minimum atomic E-state index is -4.09. The summed E-state index contributed by atoms with van der Waals surface area (Å²) >= 11 is 0. The van der Waals surface area contributed by atoms with Crippen LogP contribution in [0.1, 0.15) is 28.4 Å². The average Bonchev–Trinajstić information content (AvgIpc) is 2.83. The van der Waals surface area contributed by atoms with E-state index in [0.29, 0.717) is 16.8 Å². The fourth-order valence-electron chi connectivity index (χ4n) is 3.15. The molecule has 0 aliphatic rings. The highest BCUT2D eigenvalue weighted by Crippen LogP contribution is 2.22. The quantitative estimate of drug-likeness (QED) is 0.129. The molecule has 176 valence electrons. The van der Waals surface area contributed by atoms with Gasteiger partial charge >= 0.3 is 5.97 Å². The molecule has 1 amide bonds. The number of amides is 1. The number of anilines is 2. The van der Waals surface area contributed by atoms with Gasteiger partial charge in [-0.05, 0) is 42.0 Å². The summed E-state index contributed by atoms with van der Waals surface area (Å²) in [4.78, 5) is 23.8. The predicted molar refractivity (Wildman–Crippen MR) is 129 cm³/mol. The maximum Gasteiger partial charge on any atom is 0.305 e. The number of aliphatic carboxylic acids is 1. The van der Waals surface area contributed by atoms with E-state index >= 15 is 0 Å². The molecule has 1 unspecified atom stereocenters. The summed E-state index contributed by atoms with van der Waals surface area (Å²) in [7, 11) is -4.09. The minimum Gasteiger partial charge on any atom is -0.481 e. The highest BCUT2D eigenvalue weighted by atomic mass is 32.2. The number of hydrazone groups is 1. The van der Waals surface area contributed by atoms with Crippen LogP contribution in [0.3, 0.4) is 0 Å². The summed E-state index contributed by atoms with van der Waals surface area (Å²) < 4.78 is 28.5. The van der Waals surface area contributed by atoms with E-state index in [-0.39, 0.29) is 10.6 Å². The van der Waals surface area contributed by atoms with Gasteiger partial charge in [0.1, 0.15) is 6.34 Å². The molecule has 0 heterocycles. The molecule has 11 heteroatoms. The van der Waals surface area contributed by atoms with Gasteiger partial charge in [0, 0.05) is 16.9 Å². The number of carboxylic acids is 1. The maximum atomic E-state index is 13.0. The molecule has 0 radical (unpaired) electrons. The first-order valence-electron chi connectivity index (χ1n) is 10.1. The van der Waals surface area contributed by atoms with Gasteiger partial charge in [-0.3, -0.25) is 9.59 Å². The van der Waals surface area contributed by atoms with E-state index in [2.05, 4.69) is 20.5 Å². The molecule has 0 bridgehead atoms. The maximum absolute atomic E-state index is 13.0. The number of carboxylic acid groups (broad SMARTS) is 1. The van der Waals surface area contributed by atoms with Crippen LogP contribution in [0.5, 0.6) is 0 Å². The van der Waals surface area contributed by atoms with Crippen molar-refractivity contribution in [2.24, 2.45) is 10.9 Å². The van der Waals surface area contributed by atoms with E-state index in [1.165, 1.54) is 24.5 Å². The molecular weight excluding hydrogens is 458 g/mol. The smallest absolute Gasteiger partial charge is 0.305 e. The Morgan fingerprint density at radius 3 is 2.38 bits per heavy atom. The zero-order chi connectivity index (χ0) is 24.6. The number of carbonyl (C=O) groups excluding carboxylic acids is 1. The van der Waals surface area contributed by atoms with Crippen molar-refractivity contribution in [3.05, 3.63) is 90.0 Å². The zero-order valence-electron chi connectivity index (χ0n) is 17.9. The number of nitrogens with one attached hydrogen (secondary N) is 3. The summed E-state index contributed by atoms with van der Waals surface area (Å²) in [6, 6.07) is 19.7. The van der Waals surface area contributed by atoms with Crippen molar-refractivity contribution in [3.8, 4) is 0 Å². The summed E-state index contributed by atoms with van der Waals surface area (Å²) in [5, 5.41) is 18.0. The Morgan fingerprint density at radius 2 is 1.68 bits per heavy atom. The van der Waals surface area contributed by atoms with Crippen LogP contribution >= 0.6 is 0 Å². The van der Waals surface area contributed by atoms with Crippen molar-refractivity contribution < 1.29 is 23.1 Å². The van der Waals surface area contributed by atoms with Crippen LogP contribution in [0.4, 0.5) is 11.4 Å². The lowest BCUT2D eigenvalue weighted by molar-refractivity contribution is -0.137. The van der Waals surface area contributed by atoms with E-state index < -0.39 is 34.4 Å². The van der Waals surface area contributed by atoms with E-state index in [0.717, 1.165) is 0 Å². The lowest BCUT2D eigenvalue weighted by Gasteiger charge is -2.18. The van der Waals surface area contributed by atoms with Crippen molar-refractivity contribution in [1.82, 2.24) is 4.72 Å². The third-order valence-corrected chi connectivity index (χ3v) is 6.18. The molecule has 0 saturated carbocycles. The van der Waals surface area contributed by atoms with Crippen LogP contribution < -0.4 is 21.2 Å². The van der Waals surface area contributed by atoms with Crippen LogP contribution in [-0.4, -0.2) is 31.7 Å². The highest BCUT2D eigenvalue weighted by Gasteiger charge is 2.24. The molecule has 34 heavy (non-hydrogen) atoms. The summed E-state index contributed by atoms with van der Waals surface area (Å²) in [6.45, 7) is 0. The Hall–Kier alpha value is -4.22. The lowest BCUT2D eigenvalue weighted by atomic mass is 10.1. The molecule has 3 aromatic carbocycles. The summed E-state index contributed by atoms with van der Waals surface area (Å²) in [5.74, 6) is 3.46. The Morgan fingerprint density at radius 1 is 0.971 bits per heavy atom. The number of nitrogens with two attached hydrogens (primary N) is 1. The first-order valence-corrected chi connectivity index (χ1v) is 11.6. The van der Waals surface area contributed by atoms with E-state index in [1.807, 2.05) is 0 Å². The van der Waals surface area contributed by atoms with Gasteiger partial charge in [0.05, 0.1) is 17.4 Å². The molecule has 6 N–H and O–H groups in total. The van der Waals surface area contributed by atoms with Gasteiger partial charge in [0.2, 0.25) is 10.0 Å². The van der Waals surface area contributed by atoms with E-state index in [4.69, 9.17) is 5.84 Å². The first kappa shape index (κ1) is 24.4. The molecular formula is C23H23N5O5S. The van der Waals surface area contributed by atoms with Gasteiger partial charge in [-0.1, -0.05) is 42.5 Å². The topological polar surface area (TPSA) is 163 Å². The second-order valence-electron chi connectivity index (χ2n) is 7.17. The van der Waals surface area contributed by atoms with Crippen molar-refractivity contribution in [1.29, 1.82) is 0 Å². The van der Waals surface area contributed by atoms with Crippen molar-refractivity contribution >= 4 is 39.6 Å². The summed E-state index contributed by atoms with van der Waals surface area (Å²) in [6.07, 6.45) is 0.838. The van der Waals surface area contributed by atoms with Crippen molar-refractivity contribution in [2.75, 3.05) is 10.6 Å². The van der Waals surface area contributed by atoms with Crippen LogP contribution in [-0.2, 0) is 14.8 Å². The first-order chi connectivity index (χ1) is 16.3. The van der Waals surface area contributed by atoms with Gasteiger partial charge in [-0.2, -0.15) is 5.10 Å². The Balaban J connectivity index is 1.79. The molecule has 1 atom stereocenters. The monoisotopic (exact) mass is 481 g/mol. The third kappa shape index (κ3) is 6.64. The molecule has 3 rings (SSSR count). The number of hydrogen-bond donors (Lipinski definition) is 5. The second-order valence-corrected chi connectivity index (χ2v) is 8.88. The number of nitrogens with zero attached hydrogens (tertiary/aromatic N) is 1.